The van der Waals surface area contributed by atoms with Crippen LogP contribution in [0.25, 0.3) is 11.3 Å². The predicted molar refractivity (Wildman–Crippen MR) is 97.8 cm³/mol. The van der Waals surface area contributed by atoms with E-state index in [4.69, 9.17) is 14.0 Å². The molecule has 1 amide bonds. The lowest BCUT2D eigenvalue weighted by Gasteiger charge is -2.15. The highest BCUT2D eigenvalue weighted by Crippen LogP contribution is 2.37. The Labute approximate surface area is 156 Å². The van der Waals surface area contributed by atoms with Crippen LogP contribution in [0.4, 0.5) is 0 Å². The van der Waals surface area contributed by atoms with Crippen molar-refractivity contribution in [1.29, 1.82) is 0 Å². The van der Waals surface area contributed by atoms with E-state index in [2.05, 4.69) is 11.2 Å². The molecule has 0 unspecified atom stereocenters. The van der Waals surface area contributed by atoms with Gasteiger partial charge in [-0.25, -0.2) is 0 Å². The maximum absolute atomic E-state index is 12.8. The number of carbonyl (C=O) groups excluding carboxylic acids is 1. The second-order valence-corrected chi connectivity index (χ2v) is 6.79. The van der Waals surface area contributed by atoms with E-state index >= 15 is 0 Å². The zero-order valence-corrected chi connectivity index (χ0v) is 14.6. The van der Waals surface area contributed by atoms with Crippen LogP contribution in [0, 0.1) is 0 Å². The van der Waals surface area contributed by atoms with Crippen molar-refractivity contribution < 1.29 is 18.8 Å². The van der Waals surface area contributed by atoms with Gasteiger partial charge in [0.15, 0.2) is 23.0 Å². The van der Waals surface area contributed by atoms with E-state index in [0.717, 1.165) is 23.5 Å². The Balaban J connectivity index is 1.30. The van der Waals surface area contributed by atoms with Crippen LogP contribution in [0.1, 0.15) is 28.4 Å². The summed E-state index contributed by atoms with van der Waals surface area (Å²) in [6.45, 7) is 1.63. The molecule has 6 heteroatoms. The number of likely N-dealkylation sites (tertiary alicyclic amines) is 1. The number of carbonyl (C=O) groups is 1. The normalized spacial score (nSPS) is 18.1. The van der Waals surface area contributed by atoms with Gasteiger partial charge in [-0.15, -0.1) is 0 Å². The third kappa shape index (κ3) is 2.93. The molecule has 2 aromatic carbocycles. The van der Waals surface area contributed by atoms with Crippen LogP contribution in [-0.2, 0) is 0 Å². The molecular formula is C21H18N2O4. The number of aromatic nitrogens is 1. The lowest BCUT2D eigenvalue weighted by Crippen LogP contribution is -2.28. The van der Waals surface area contributed by atoms with Crippen molar-refractivity contribution >= 4 is 5.91 Å². The number of hydrogen-bond acceptors (Lipinski definition) is 5. The summed E-state index contributed by atoms with van der Waals surface area (Å²) in [4.78, 5) is 14.6. The Morgan fingerprint density at radius 1 is 1.04 bits per heavy atom. The van der Waals surface area contributed by atoms with Gasteiger partial charge in [0.05, 0.1) is 0 Å². The van der Waals surface area contributed by atoms with Gasteiger partial charge >= 0.3 is 0 Å². The molecule has 5 rings (SSSR count). The molecule has 0 bridgehead atoms. The van der Waals surface area contributed by atoms with Crippen LogP contribution in [0.15, 0.2) is 59.1 Å². The lowest BCUT2D eigenvalue weighted by atomic mass is 9.98. The molecule has 1 atom stereocenters. The molecule has 136 valence electrons. The first-order valence-electron chi connectivity index (χ1n) is 8.99. The second kappa shape index (κ2) is 6.46. The fourth-order valence-corrected chi connectivity index (χ4v) is 3.66. The molecular weight excluding hydrogens is 344 g/mol. The van der Waals surface area contributed by atoms with Gasteiger partial charge in [-0.3, -0.25) is 4.79 Å². The molecule has 0 saturated carbocycles. The van der Waals surface area contributed by atoms with E-state index in [9.17, 15) is 4.79 Å². The average molecular weight is 362 g/mol. The van der Waals surface area contributed by atoms with Crippen molar-refractivity contribution in [1.82, 2.24) is 10.1 Å². The Bertz CT molecular complexity index is 983. The van der Waals surface area contributed by atoms with Gasteiger partial charge in [-0.1, -0.05) is 41.6 Å². The summed E-state index contributed by atoms with van der Waals surface area (Å²) in [5.74, 6) is 2.35. The minimum atomic E-state index is -0.0934. The largest absolute Gasteiger partial charge is 0.454 e. The van der Waals surface area contributed by atoms with Crippen LogP contribution in [-0.4, -0.2) is 35.8 Å². The van der Waals surface area contributed by atoms with Gasteiger partial charge in [0.1, 0.15) is 0 Å². The standard InChI is InChI=1S/C21H18N2O4/c24-21(17-11-19(27-22-17)14-4-2-1-3-5-14)23-9-8-16(12-23)15-6-7-18-20(10-15)26-13-25-18/h1-7,10-11,16H,8-9,12-13H2/t16-/m1/s1. The average Bonchev–Trinajstić information content (AvgIpc) is 3.47. The van der Waals surface area contributed by atoms with Gasteiger partial charge in [0.25, 0.3) is 5.91 Å². The molecule has 0 spiro atoms. The number of ether oxygens (including phenoxy) is 2. The first-order valence-corrected chi connectivity index (χ1v) is 8.99. The minimum Gasteiger partial charge on any atom is -0.454 e. The molecule has 1 saturated heterocycles. The molecule has 3 aromatic rings. The Kier molecular flexibility index (Phi) is 3.81. The first-order chi connectivity index (χ1) is 13.3. The van der Waals surface area contributed by atoms with Crippen molar-refractivity contribution in [2.75, 3.05) is 19.9 Å². The van der Waals surface area contributed by atoms with Crippen molar-refractivity contribution in [3.05, 3.63) is 65.9 Å². The predicted octanol–water partition coefficient (Wildman–Crippen LogP) is 3.70. The maximum atomic E-state index is 12.8. The first kappa shape index (κ1) is 15.9. The van der Waals surface area contributed by atoms with Crippen molar-refractivity contribution in [2.24, 2.45) is 0 Å². The highest BCUT2D eigenvalue weighted by molar-refractivity contribution is 5.93. The summed E-state index contributed by atoms with van der Waals surface area (Å²) in [5.41, 5.74) is 2.42. The lowest BCUT2D eigenvalue weighted by molar-refractivity contribution is 0.0780. The number of nitrogens with zero attached hydrogens (tertiary/aromatic N) is 2. The fraction of sp³-hybridized carbons (Fsp3) is 0.238. The van der Waals surface area contributed by atoms with Crippen molar-refractivity contribution in [3.63, 3.8) is 0 Å². The van der Waals surface area contributed by atoms with Crippen LogP contribution in [0.5, 0.6) is 11.5 Å². The molecule has 2 aliphatic rings. The van der Waals surface area contributed by atoms with Crippen LogP contribution < -0.4 is 9.47 Å². The fourth-order valence-electron chi connectivity index (χ4n) is 3.66. The monoisotopic (exact) mass is 362 g/mol. The van der Waals surface area contributed by atoms with Crippen LogP contribution in [0.2, 0.25) is 0 Å². The van der Waals surface area contributed by atoms with Gasteiger partial charge in [0.2, 0.25) is 6.79 Å². The number of rotatable bonds is 3. The third-order valence-corrected chi connectivity index (χ3v) is 5.13. The van der Waals surface area contributed by atoms with Crippen molar-refractivity contribution in [2.45, 2.75) is 12.3 Å². The van der Waals surface area contributed by atoms with Gasteiger partial charge < -0.3 is 18.9 Å². The van der Waals surface area contributed by atoms with Gasteiger partial charge in [-0.2, -0.15) is 0 Å². The minimum absolute atomic E-state index is 0.0934. The number of fused-ring (bicyclic) bond motifs is 1. The summed E-state index contributed by atoms with van der Waals surface area (Å²) >= 11 is 0. The van der Waals surface area contributed by atoms with Gasteiger partial charge in [-0.05, 0) is 24.1 Å². The molecule has 0 aliphatic carbocycles. The summed E-state index contributed by atoms with van der Waals surface area (Å²) in [6.07, 6.45) is 0.911. The molecule has 1 fully saturated rings. The summed E-state index contributed by atoms with van der Waals surface area (Å²) in [5, 5.41) is 3.98. The Morgan fingerprint density at radius 2 is 1.89 bits per heavy atom. The summed E-state index contributed by atoms with van der Waals surface area (Å²) in [7, 11) is 0. The highest BCUT2D eigenvalue weighted by Gasteiger charge is 2.30. The highest BCUT2D eigenvalue weighted by atomic mass is 16.7. The SMILES string of the molecule is O=C(c1cc(-c2ccccc2)on1)N1CC[C@@H](c2ccc3c(c2)OCO3)C1. The van der Waals surface area contributed by atoms with E-state index in [1.165, 1.54) is 5.56 Å². The summed E-state index contributed by atoms with van der Waals surface area (Å²) < 4.78 is 16.2. The number of amides is 1. The molecule has 2 aliphatic heterocycles. The van der Waals surface area contributed by atoms with Crippen LogP contribution in [0.3, 0.4) is 0 Å². The Morgan fingerprint density at radius 3 is 2.78 bits per heavy atom. The van der Waals surface area contributed by atoms with E-state index in [0.29, 0.717) is 24.5 Å². The molecule has 1 aromatic heterocycles. The molecule has 6 nitrogen and oxygen atoms in total. The smallest absolute Gasteiger partial charge is 0.276 e. The van der Waals surface area contributed by atoms with Gasteiger partial charge in [0, 0.05) is 30.6 Å². The van der Waals surface area contributed by atoms with E-state index in [1.54, 1.807) is 6.07 Å². The van der Waals surface area contributed by atoms with Crippen LogP contribution >= 0.6 is 0 Å². The molecule has 0 N–H and O–H groups in total. The summed E-state index contributed by atoms with van der Waals surface area (Å²) in [6, 6.07) is 17.4. The Hall–Kier alpha value is -3.28. The number of benzene rings is 2. The third-order valence-electron chi connectivity index (χ3n) is 5.13. The topological polar surface area (TPSA) is 64.8 Å². The molecule has 27 heavy (non-hydrogen) atoms. The van der Waals surface area contributed by atoms with E-state index in [-0.39, 0.29) is 18.6 Å². The van der Waals surface area contributed by atoms with E-state index < -0.39 is 0 Å². The van der Waals surface area contributed by atoms with Crippen molar-refractivity contribution in [3.8, 4) is 22.8 Å². The number of hydrogen-bond donors (Lipinski definition) is 0. The zero-order valence-electron chi connectivity index (χ0n) is 14.6. The van der Waals surface area contributed by atoms with E-state index in [1.807, 2.05) is 47.4 Å². The maximum Gasteiger partial charge on any atom is 0.276 e. The quantitative estimate of drug-likeness (QED) is 0.711. The zero-order chi connectivity index (χ0) is 18.2. The molecule has 3 heterocycles. The second-order valence-electron chi connectivity index (χ2n) is 6.79. The molecule has 0 radical (unpaired) electrons.